The lowest BCUT2D eigenvalue weighted by Gasteiger charge is -2.17. The van der Waals surface area contributed by atoms with E-state index < -0.39 is 12.1 Å². The Kier molecular flexibility index (Phi) is 5.61. The molecule has 1 heterocycles. The average molecular weight is 388 g/mol. The lowest BCUT2D eigenvalue weighted by molar-refractivity contribution is 0.189. The van der Waals surface area contributed by atoms with E-state index in [-0.39, 0.29) is 6.42 Å². The maximum Gasteiger partial charge on any atom is 0.405 e. The van der Waals surface area contributed by atoms with E-state index in [1.165, 1.54) is 0 Å². The Bertz CT molecular complexity index is 958. The van der Waals surface area contributed by atoms with E-state index in [1.54, 1.807) is 26.2 Å². The van der Waals surface area contributed by atoms with Crippen molar-refractivity contribution in [3.63, 3.8) is 0 Å². The van der Waals surface area contributed by atoms with Gasteiger partial charge in [0.15, 0.2) is 0 Å². The summed E-state index contributed by atoms with van der Waals surface area (Å²) in [6.07, 6.45) is -0.889. The quantitative estimate of drug-likeness (QED) is 0.655. The largest absolute Gasteiger partial charge is 0.496 e. The molecule has 3 rings (SSSR count). The van der Waals surface area contributed by atoms with Crippen LogP contribution in [0.1, 0.15) is 23.4 Å². The van der Waals surface area contributed by atoms with Crippen molar-refractivity contribution >= 4 is 17.7 Å². The van der Waals surface area contributed by atoms with E-state index in [0.29, 0.717) is 22.6 Å². The number of hydrogen-bond acceptors (Lipinski definition) is 5. The van der Waals surface area contributed by atoms with Crippen LogP contribution in [-0.4, -0.2) is 28.5 Å². The first-order chi connectivity index (χ1) is 13.0. The normalized spacial score (nSPS) is 11.8. The SMILES string of the molecule is COc1cc(Cl)ccc1-c1cccc(C(Cc2nnc(C)o2)NC(=O)O)c1. The zero-order chi connectivity index (χ0) is 19.4. The van der Waals surface area contributed by atoms with Crippen molar-refractivity contribution in [1.82, 2.24) is 15.5 Å². The summed E-state index contributed by atoms with van der Waals surface area (Å²) in [6, 6.07) is 12.4. The molecule has 0 saturated carbocycles. The van der Waals surface area contributed by atoms with Crippen LogP contribution in [0.15, 0.2) is 46.9 Å². The van der Waals surface area contributed by atoms with Gasteiger partial charge < -0.3 is 19.6 Å². The van der Waals surface area contributed by atoms with E-state index in [0.717, 1.165) is 16.7 Å². The number of rotatable bonds is 6. The summed E-state index contributed by atoms with van der Waals surface area (Å²) in [4.78, 5) is 11.3. The molecule has 2 N–H and O–H groups in total. The topological polar surface area (TPSA) is 97.5 Å². The number of amides is 1. The van der Waals surface area contributed by atoms with Crippen LogP contribution in [0.3, 0.4) is 0 Å². The van der Waals surface area contributed by atoms with E-state index in [4.69, 9.17) is 20.8 Å². The summed E-state index contributed by atoms with van der Waals surface area (Å²) >= 11 is 6.04. The lowest BCUT2D eigenvalue weighted by atomic mass is 9.97. The van der Waals surface area contributed by atoms with Gasteiger partial charge >= 0.3 is 6.09 Å². The Balaban J connectivity index is 1.96. The molecule has 0 aliphatic carbocycles. The zero-order valence-corrected chi connectivity index (χ0v) is 15.5. The number of methoxy groups -OCH3 is 1. The number of aryl methyl sites for hydroxylation is 1. The number of nitrogens with zero attached hydrogens (tertiary/aromatic N) is 2. The molecule has 0 aliphatic rings. The highest BCUT2D eigenvalue weighted by Crippen LogP contribution is 2.33. The molecule has 8 heteroatoms. The Hall–Kier alpha value is -3.06. The second kappa shape index (κ2) is 8.09. The molecule has 140 valence electrons. The van der Waals surface area contributed by atoms with Crippen LogP contribution in [0.5, 0.6) is 5.75 Å². The Labute approximate surface area is 160 Å². The molecule has 0 saturated heterocycles. The summed E-state index contributed by atoms with van der Waals surface area (Å²) in [6.45, 7) is 1.68. The molecule has 0 radical (unpaired) electrons. The summed E-state index contributed by atoms with van der Waals surface area (Å²) in [5, 5.41) is 20.0. The van der Waals surface area contributed by atoms with Crippen molar-refractivity contribution in [2.24, 2.45) is 0 Å². The first-order valence-electron chi connectivity index (χ1n) is 8.18. The van der Waals surface area contributed by atoms with Gasteiger partial charge in [0.25, 0.3) is 0 Å². The molecule has 7 nitrogen and oxygen atoms in total. The molecular formula is C19H18ClN3O4. The van der Waals surface area contributed by atoms with Crippen molar-refractivity contribution in [3.05, 3.63) is 64.8 Å². The highest BCUT2D eigenvalue weighted by molar-refractivity contribution is 6.30. The third-order valence-electron chi connectivity index (χ3n) is 4.01. The number of carbonyl (C=O) groups is 1. The molecular weight excluding hydrogens is 370 g/mol. The second-order valence-corrected chi connectivity index (χ2v) is 6.33. The van der Waals surface area contributed by atoms with Gasteiger partial charge in [0.2, 0.25) is 11.8 Å². The number of halogens is 1. The van der Waals surface area contributed by atoms with Gasteiger partial charge in [-0.2, -0.15) is 0 Å². The van der Waals surface area contributed by atoms with E-state index in [9.17, 15) is 9.90 Å². The van der Waals surface area contributed by atoms with Crippen molar-refractivity contribution in [1.29, 1.82) is 0 Å². The molecule has 1 atom stereocenters. The number of ether oxygens (including phenoxy) is 1. The summed E-state index contributed by atoms with van der Waals surface area (Å²) in [7, 11) is 1.58. The minimum atomic E-state index is -1.13. The third kappa shape index (κ3) is 4.57. The van der Waals surface area contributed by atoms with Crippen LogP contribution in [0.25, 0.3) is 11.1 Å². The molecule has 0 spiro atoms. The van der Waals surface area contributed by atoms with Gasteiger partial charge in [-0.05, 0) is 35.4 Å². The molecule has 1 unspecified atom stereocenters. The fourth-order valence-corrected chi connectivity index (χ4v) is 2.98. The van der Waals surface area contributed by atoms with Crippen LogP contribution in [0.4, 0.5) is 4.79 Å². The van der Waals surface area contributed by atoms with Crippen LogP contribution in [0.2, 0.25) is 5.02 Å². The number of nitrogens with one attached hydrogen (secondary N) is 1. The second-order valence-electron chi connectivity index (χ2n) is 5.89. The Morgan fingerprint density at radius 1 is 1.30 bits per heavy atom. The predicted octanol–water partition coefficient (Wildman–Crippen LogP) is 4.26. The van der Waals surface area contributed by atoms with Crippen LogP contribution >= 0.6 is 11.6 Å². The molecule has 27 heavy (non-hydrogen) atoms. The van der Waals surface area contributed by atoms with Gasteiger partial charge in [-0.1, -0.05) is 29.8 Å². The van der Waals surface area contributed by atoms with Gasteiger partial charge in [-0.3, -0.25) is 0 Å². The Morgan fingerprint density at radius 2 is 2.11 bits per heavy atom. The first-order valence-corrected chi connectivity index (χ1v) is 8.56. The molecule has 0 bridgehead atoms. The smallest absolute Gasteiger partial charge is 0.405 e. The standard InChI is InChI=1S/C19H18ClN3O4/c1-11-22-23-18(27-11)10-16(21-19(24)25)13-5-3-4-12(8-13)15-7-6-14(20)9-17(15)26-2/h3-9,16,21H,10H2,1-2H3,(H,24,25). The molecule has 0 aliphatic heterocycles. The van der Waals surface area contributed by atoms with Crippen molar-refractivity contribution in [3.8, 4) is 16.9 Å². The van der Waals surface area contributed by atoms with E-state index in [1.807, 2.05) is 30.3 Å². The first kappa shape index (κ1) is 18.7. The van der Waals surface area contributed by atoms with Gasteiger partial charge in [0, 0.05) is 17.5 Å². The summed E-state index contributed by atoms with van der Waals surface area (Å²) < 4.78 is 10.8. The van der Waals surface area contributed by atoms with Crippen molar-refractivity contribution in [2.45, 2.75) is 19.4 Å². The minimum Gasteiger partial charge on any atom is -0.496 e. The average Bonchev–Trinajstić information content (AvgIpc) is 3.05. The molecule has 1 aromatic heterocycles. The fraction of sp³-hybridized carbons (Fsp3) is 0.211. The number of aromatic nitrogens is 2. The Morgan fingerprint density at radius 3 is 2.78 bits per heavy atom. The maximum absolute atomic E-state index is 11.3. The molecule has 2 aromatic carbocycles. The summed E-state index contributed by atoms with van der Waals surface area (Å²) in [5.41, 5.74) is 2.49. The predicted molar refractivity (Wildman–Crippen MR) is 100 cm³/mol. The highest BCUT2D eigenvalue weighted by atomic mass is 35.5. The molecule has 1 amide bonds. The molecule has 0 fully saturated rings. The lowest BCUT2D eigenvalue weighted by Crippen LogP contribution is -2.28. The van der Waals surface area contributed by atoms with Crippen LogP contribution in [-0.2, 0) is 6.42 Å². The third-order valence-corrected chi connectivity index (χ3v) is 4.24. The zero-order valence-electron chi connectivity index (χ0n) is 14.8. The van der Waals surface area contributed by atoms with Crippen molar-refractivity contribution in [2.75, 3.05) is 7.11 Å². The van der Waals surface area contributed by atoms with Gasteiger partial charge in [0.05, 0.1) is 19.6 Å². The van der Waals surface area contributed by atoms with Crippen molar-refractivity contribution < 1.29 is 19.1 Å². The van der Waals surface area contributed by atoms with Gasteiger partial charge in [-0.25, -0.2) is 4.79 Å². The minimum absolute atomic E-state index is 0.244. The van der Waals surface area contributed by atoms with Crippen LogP contribution in [0, 0.1) is 6.92 Å². The van der Waals surface area contributed by atoms with Crippen LogP contribution < -0.4 is 10.1 Å². The number of benzene rings is 2. The monoisotopic (exact) mass is 387 g/mol. The highest BCUT2D eigenvalue weighted by Gasteiger charge is 2.19. The number of hydrogen-bond donors (Lipinski definition) is 2. The van der Waals surface area contributed by atoms with Gasteiger partial charge in [-0.15, -0.1) is 10.2 Å². The molecule has 3 aromatic rings. The van der Waals surface area contributed by atoms with Gasteiger partial charge in [0.1, 0.15) is 5.75 Å². The fourth-order valence-electron chi connectivity index (χ4n) is 2.82. The van der Waals surface area contributed by atoms with E-state index in [2.05, 4.69) is 15.5 Å². The number of carboxylic acid groups (broad SMARTS) is 1. The summed E-state index contributed by atoms with van der Waals surface area (Å²) in [5.74, 6) is 1.43. The maximum atomic E-state index is 11.3. The van der Waals surface area contributed by atoms with E-state index >= 15 is 0 Å².